The number of benzene rings is 2. The minimum Gasteiger partial charge on any atom is -0.444 e. The van der Waals surface area contributed by atoms with E-state index in [-0.39, 0.29) is 6.54 Å². The van der Waals surface area contributed by atoms with Gasteiger partial charge in [-0.15, -0.1) is 0 Å². The van der Waals surface area contributed by atoms with Gasteiger partial charge in [-0.3, -0.25) is 0 Å². The molecule has 188 valence electrons. The van der Waals surface area contributed by atoms with Crippen molar-refractivity contribution in [3.63, 3.8) is 0 Å². The number of alkyl carbamates (subject to hydrolysis) is 1. The van der Waals surface area contributed by atoms with Gasteiger partial charge in [0.1, 0.15) is 5.60 Å². The number of ether oxygens (including phenoxy) is 1. The second-order valence-corrected chi connectivity index (χ2v) is 9.09. The van der Waals surface area contributed by atoms with Crippen LogP contribution in [0.2, 0.25) is 0 Å². The van der Waals surface area contributed by atoms with Crippen molar-refractivity contribution >= 4 is 6.09 Å². The van der Waals surface area contributed by atoms with Crippen LogP contribution in [0.1, 0.15) is 37.5 Å². The van der Waals surface area contributed by atoms with Gasteiger partial charge >= 0.3 is 12.3 Å². The van der Waals surface area contributed by atoms with E-state index in [1.54, 1.807) is 20.8 Å². The smallest absolute Gasteiger partial charge is 0.416 e. The Bertz CT molecular complexity index is 869. The third-order valence-corrected chi connectivity index (χ3v) is 4.91. The van der Waals surface area contributed by atoms with Crippen LogP contribution in [0.25, 0.3) is 0 Å². The molecule has 0 fully saturated rings. The van der Waals surface area contributed by atoms with Crippen molar-refractivity contribution in [2.75, 3.05) is 19.6 Å². The third kappa shape index (κ3) is 10.5. The molecule has 0 spiro atoms. The molecular formula is C25H34F3N3O3. The maximum absolute atomic E-state index is 12.6. The standard InChI is InChI=1S/C25H34F3N3O3/c1-24(2,3)34-23(33)31-21(15-18-7-5-4-6-8-18)22(32)17-30-14-13-29-16-19-9-11-20(12-10-19)25(26,27)28/h4-12,21-22,29-30,32H,13-17H2,1-3H3,(H,31,33)/t21-,22+/m0/s1. The zero-order valence-corrected chi connectivity index (χ0v) is 19.8. The predicted octanol–water partition coefficient (Wildman–Crippen LogP) is 3.88. The maximum Gasteiger partial charge on any atom is 0.416 e. The van der Waals surface area contributed by atoms with E-state index in [1.807, 2.05) is 30.3 Å². The van der Waals surface area contributed by atoms with Crippen LogP contribution < -0.4 is 16.0 Å². The summed E-state index contributed by atoms with van der Waals surface area (Å²) in [6, 6.07) is 14.0. The van der Waals surface area contributed by atoms with E-state index in [2.05, 4.69) is 16.0 Å². The zero-order chi connectivity index (χ0) is 25.2. The number of carbonyl (C=O) groups is 1. The average Bonchev–Trinajstić information content (AvgIpc) is 2.74. The fraction of sp³-hybridized carbons (Fsp3) is 0.480. The quantitative estimate of drug-likeness (QED) is 0.366. The summed E-state index contributed by atoms with van der Waals surface area (Å²) in [4.78, 5) is 12.3. The highest BCUT2D eigenvalue weighted by atomic mass is 19.4. The number of carbonyl (C=O) groups excluding carboxylic acids is 1. The molecule has 2 rings (SSSR count). The Kier molecular flexibility index (Phi) is 10.3. The van der Waals surface area contributed by atoms with Crippen LogP contribution in [0.15, 0.2) is 54.6 Å². The Morgan fingerprint density at radius 3 is 2.15 bits per heavy atom. The van der Waals surface area contributed by atoms with Crippen molar-refractivity contribution in [1.82, 2.24) is 16.0 Å². The number of hydrogen-bond donors (Lipinski definition) is 4. The number of alkyl halides is 3. The largest absolute Gasteiger partial charge is 0.444 e. The lowest BCUT2D eigenvalue weighted by molar-refractivity contribution is -0.137. The van der Waals surface area contributed by atoms with Gasteiger partial charge in [0.05, 0.1) is 17.7 Å². The molecule has 0 aliphatic carbocycles. The topological polar surface area (TPSA) is 82.6 Å². The van der Waals surface area contributed by atoms with E-state index >= 15 is 0 Å². The van der Waals surface area contributed by atoms with Crippen molar-refractivity contribution in [1.29, 1.82) is 0 Å². The van der Waals surface area contributed by atoms with Crippen LogP contribution in [-0.2, 0) is 23.9 Å². The van der Waals surface area contributed by atoms with E-state index in [1.165, 1.54) is 12.1 Å². The average molecular weight is 482 g/mol. The Labute approximate surface area is 198 Å². The normalized spacial score (nSPS) is 13.9. The monoisotopic (exact) mass is 481 g/mol. The van der Waals surface area contributed by atoms with Gasteiger partial charge in [0.2, 0.25) is 0 Å². The third-order valence-electron chi connectivity index (χ3n) is 4.91. The van der Waals surface area contributed by atoms with Crippen molar-refractivity contribution in [2.45, 2.75) is 57.7 Å². The molecule has 2 aromatic rings. The van der Waals surface area contributed by atoms with Gasteiger partial charge in [0, 0.05) is 26.2 Å². The van der Waals surface area contributed by atoms with Gasteiger partial charge in [-0.25, -0.2) is 4.79 Å². The second kappa shape index (κ2) is 12.7. The van der Waals surface area contributed by atoms with Crippen molar-refractivity contribution in [2.24, 2.45) is 0 Å². The Hall–Kier alpha value is -2.62. The molecule has 2 atom stereocenters. The van der Waals surface area contributed by atoms with Gasteiger partial charge in [0.15, 0.2) is 0 Å². The molecule has 6 nitrogen and oxygen atoms in total. The van der Waals surface area contributed by atoms with E-state index in [9.17, 15) is 23.1 Å². The summed E-state index contributed by atoms with van der Waals surface area (Å²) in [5, 5.41) is 19.7. The molecule has 0 radical (unpaired) electrons. The summed E-state index contributed by atoms with van der Waals surface area (Å²) in [6.45, 7) is 7.07. The summed E-state index contributed by atoms with van der Waals surface area (Å²) in [5.74, 6) is 0. The summed E-state index contributed by atoms with van der Waals surface area (Å²) >= 11 is 0. The van der Waals surface area contributed by atoms with Crippen LogP contribution >= 0.6 is 0 Å². The lowest BCUT2D eigenvalue weighted by Gasteiger charge is -2.27. The van der Waals surface area contributed by atoms with Crippen LogP contribution in [0, 0.1) is 0 Å². The zero-order valence-electron chi connectivity index (χ0n) is 19.8. The van der Waals surface area contributed by atoms with Crippen LogP contribution in [0.4, 0.5) is 18.0 Å². The molecule has 2 aromatic carbocycles. The number of halogens is 3. The molecule has 0 bridgehead atoms. The molecule has 0 heterocycles. The number of aliphatic hydroxyl groups excluding tert-OH is 1. The Morgan fingerprint density at radius 2 is 1.56 bits per heavy atom. The maximum atomic E-state index is 12.6. The highest BCUT2D eigenvalue weighted by molar-refractivity contribution is 5.68. The first-order chi connectivity index (χ1) is 15.9. The molecular weight excluding hydrogens is 447 g/mol. The van der Waals surface area contributed by atoms with Gasteiger partial charge in [-0.05, 0) is 50.5 Å². The van der Waals surface area contributed by atoms with Gasteiger partial charge in [-0.1, -0.05) is 42.5 Å². The molecule has 4 N–H and O–H groups in total. The molecule has 1 amide bonds. The van der Waals surface area contributed by atoms with Crippen LogP contribution in [-0.4, -0.2) is 48.6 Å². The number of hydrogen-bond acceptors (Lipinski definition) is 5. The minimum absolute atomic E-state index is 0.245. The molecule has 9 heteroatoms. The SMILES string of the molecule is CC(C)(C)OC(=O)N[C@@H](Cc1ccccc1)[C@H](O)CNCCNCc1ccc(C(F)(F)F)cc1. The Balaban J connectivity index is 1.78. The van der Waals surface area contributed by atoms with Gasteiger partial charge in [-0.2, -0.15) is 13.2 Å². The minimum atomic E-state index is -4.34. The highest BCUT2D eigenvalue weighted by Crippen LogP contribution is 2.29. The number of amides is 1. The number of aliphatic hydroxyl groups is 1. The molecule has 34 heavy (non-hydrogen) atoms. The molecule has 0 aromatic heterocycles. The lowest BCUT2D eigenvalue weighted by Crippen LogP contribution is -2.50. The van der Waals surface area contributed by atoms with Gasteiger partial charge in [0.25, 0.3) is 0 Å². The number of rotatable bonds is 11. The fourth-order valence-corrected chi connectivity index (χ4v) is 3.22. The van der Waals surface area contributed by atoms with Crippen molar-refractivity contribution in [3.05, 3.63) is 71.3 Å². The first-order valence-electron chi connectivity index (χ1n) is 11.2. The first kappa shape index (κ1) is 27.6. The summed E-state index contributed by atoms with van der Waals surface area (Å²) < 4.78 is 43.2. The van der Waals surface area contributed by atoms with Crippen LogP contribution in [0.3, 0.4) is 0 Å². The van der Waals surface area contributed by atoms with E-state index in [0.717, 1.165) is 23.3 Å². The Morgan fingerprint density at radius 1 is 0.941 bits per heavy atom. The molecule has 0 unspecified atom stereocenters. The number of nitrogens with one attached hydrogen (secondary N) is 3. The second-order valence-electron chi connectivity index (χ2n) is 9.09. The summed E-state index contributed by atoms with van der Waals surface area (Å²) in [6.07, 6.45) is -5.35. The molecule has 0 aliphatic rings. The molecule has 0 saturated carbocycles. The van der Waals surface area contributed by atoms with E-state index in [4.69, 9.17) is 4.74 Å². The lowest BCUT2D eigenvalue weighted by atomic mass is 10.0. The molecule has 0 saturated heterocycles. The molecule has 0 aliphatic heterocycles. The van der Waals surface area contributed by atoms with Gasteiger partial charge < -0.3 is 25.8 Å². The fourth-order valence-electron chi connectivity index (χ4n) is 3.22. The van der Waals surface area contributed by atoms with E-state index in [0.29, 0.717) is 26.1 Å². The van der Waals surface area contributed by atoms with Crippen LogP contribution in [0.5, 0.6) is 0 Å². The predicted molar refractivity (Wildman–Crippen MR) is 125 cm³/mol. The summed E-state index contributed by atoms with van der Waals surface area (Å²) in [5.41, 5.74) is 0.402. The highest BCUT2D eigenvalue weighted by Gasteiger charge is 2.30. The first-order valence-corrected chi connectivity index (χ1v) is 11.2. The van der Waals surface area contributed by atoms with E-state index < -0.39 is 35.6 Å². The summed E-state index contributed by atoms with van der Waals surface area (Å²) in [7, 11) is 0. The van der Waals surface area contributed by atoms with Crippen molar-refractivity contribution in [3.8, 4) is 0 Å². The van der Waals surface area contributed by atoms with Crippen molar-refractivity contribution < 1.29 is 27.8 Å².